The standard InChI is InChI=1S/C12H19ClN2OS/c1-8(2)4-11(12(16)14-3)15-6-10-5-9(13)7-17-10/h5,7-8,11,15H,4,6H2,1-3H3,(H,14,16). The average Bonchev–Trinajstić information content (AvgIpc) is 2.68. The predicted molar refractivity (Wildman–Crippen MR) is 73.5 cm³/mol. The Labute approximate surface area is 112 Å². The molecule has 0 radical (unpaired) electrons. The maximum Gasteiger partial charge on any atom is 0.236 e. The molecule has 0 aliphatic carbocycles. The lowest BCUT2D eigenvalue weighted by Gasteiger charge is -2.18. The van der Waals surface area contributed by atoms with Crippen LogP contribution in [0.25, 0.3) is 0 Å². The largest absolute Gasteiger partial charge is 0.358 e. The van der Waals surface area contributed by atoms with Crippen LogP contribution >= 0.6 is 22.9 Å². The Hall–Kier alpha value is -0.580. The molecule has 2 N–H and O–H groups in total. The van der Waals surface area contributed by atoms with Crippen molar-refractivity contribution in [1.29, 1.82) is 0 Å². The van der Waals surface area contributed by atoms with E-state index in [0.717, 1.165) is 16.3 Å². The lowest BCUT2D eigenvalue weighted by atomic mass is 10.0. The number of carbonyl (C=O) groups excluding carboxylic acids is 1. The molecular weight excluding hydrogens is 256 g/mol. The molecule has 1 heterocycles. The van der Waals surface area contributed by atoms with Gasteiger partial charge in [-0.3, -0.25) is 4.79 Å². The van der Waals surface area contributed by atoms with E-state index in [1.54, 1.807) is 18.4 Å². The van der Waals surface area contributed by atoms with Crippen LogP contribution in [-0.2, 0) is 11.3 Å². The molecule has 1 rings (SSSR count). The fraction of sp³-hybridized carbons (Fsp3) is 0.583. The lowest BCUT2D eigenvalue weighted by Crippen LogP contribution is -2.43. The van der Waals surface area contributed by atoms with Gasteiger partial charge in [0, 0.05) is 23.8 Å². The van der Waals surface area contributed by atoms with Gasteiger partial charge in [0.25, 0.3) is 0 Å². The number of thiophene rings is 1. The van der Waals surface area contributed by atoms with Gasteiger partial charge in [-0.1, -0.05) is 25.4 Å². The van der Waals surface area contributed by atoms with E-state index in [2.05, 4.69) is 24.5 Å². The van der Waals surface area contributed by atoms with Gasteiger partial charge in [0.1, 0.15) is 0 Å². The summed E-state index contributed by atoms with van der Waals surface area (Å²) in [6.45, 7) is 4.90. The van der Waals surface area contributed by atoms with Crippen LogP contribution in [0.3, 0.4) is 0 Å². The SMILES string of the molecule is CNC(=O)C(CC(C)C)NCc1cc(Cl)cs1. The van der Waals surface area contributed by atoms with Crippen LogP contribution in [0.15, 0.2) is 11.4 Å². The van der Waals surface area contributed by atoms with E-state index in [1.165, 1.54) is 0 Å². The molecular formula is C12H19ClN2OS. The maximum atomic E-state index is 11.7. The highest BCUT2D eigenvalue weighted by Gasteiger charge is 2.17. The van der Waals surface area contributed by atoms with Gasteiger partial charge in [0.15, 0.2) is 0 Å². The summed E-state index contributed by atoms with van der Waals surface area (Å²) < 4.78 is 0. The van der Waals surface area contributed by atoms with Gasteiger partial charge < -0.3 is 10.6 Å². The molecule has 0 aliphatic rings. The van der Waals surface area contributed by atoms with E-state index < -0.39 is 0 Å². The molecule has 5 heteroatoms. The first-order valence-electron chi connectivity index (χ1n) is 5.70. The number of rotatable bonds is 6. The number of carbonyl (C=O) groups is 1. The average molecular weight is 275 g/mol. The number of nitrogens with one attached hydrogen (secondary N) is 2. The summed E-state index contributed by atoms with van der Waals surface area (Å²) in [5, 5.41) is 8.61. The molecule has 0 fully saturated rings. The fourth-order valence-corrected chi connectivity index (χ4v) is 2.62. The summed E-state index contributed by atoms with van der Waals surface area (Å²) in [5.74, 6) is 0.526. The molecule has 0 spiro atoms. The third kappa shape index (κ3) is 5.06. The Morgan fingerprint density at radius 2 is 2.24 bits per heavy atom. The molecule has 0 saturated carbocycles. The van der Waals surface area contributed by atoms with E-state index in [4.69, 9.17) is 11.6 Å². The van der Waals surface area contributed by atoms with Crippen LogP contribution in [0, 0.1) is 5.92 Å². The Morgan fingerprint density at radius 1 is 1.53 bits per heavy atom. The highest BCUT2D eigenvalue weighted by Crippen LogP contribution is 2.19. The fourth-order valence-electron chi connectivity index (χ4n) is 1.60. The van der Waals surface area contributed by atoms with Crippen molar-refractivity contribution in [1.82, 2.24) is 10.6 Å². The molecule has 1 unspecified atom stereocenters. The first-order valence-corrected chi connectivity index (χ1v) is 6.96. The second-order valence-electron chi connectivity index (χ2n) is 4.41. The third-order valence-electron chi connectivity index (χ3n) is 2.41. The summed E-state index contributed by atoms with van der Waals surface area (Å²) in [7, 11) is 1.67. The minimum Gasteiger partial charge on any atom is -0.358 e. The summed E-state index contributed by atoms with van der Waals surface area (Å²) in [6, 6.07) is 1.79. The third-order valence-corrected chi connectivity index (χ3v) is 3.70. The molecule has 17 heavy (non-hydrogen) atoms. The Morgan fingerprint density at radius 3 is 2.71 bits per heavy atom. The van der Waals surface area contributed by atoms with E-state index in [0.29, 0.717) is 12.5 Å². The highest BCUT2D eigenvalue weighted by molar-refractivity contribution is 7.10. The van der Waals surface area contributed by atoms with Gasteiger partial charge in [0.2, 0.25) is 5.91 Å². The zero-order valence-electron chi connectivity index (χ0n) is 10.4. The molecule has 0 aromatic carbocycles. The summed E-state index contributed by atoms with van der Waals surface area (Å²) in [6.07, 6.45) is 0.832. The van der Waals surface area contributed by atoms with Gasteiger partial charge in [-0.2, -0.15) is 0 Å². The predicted octanol–water partition coefficient (Wildman–Crippen LogP) is 2.65. The molecule has 0 bridgehead atoms. The van der Waals surface area contributed by atoms with E-state index in [1.807, 2.05) is 11.4 Å². The van der Waals surface area contributed by atoms with Gasteiger partial charge in [-0.15, -0.1) is 11.3 Å². The zero-order valence-corrected chi connectivity index (χ0v) is 12.0. The maximum absolute atomic E-state index is 11.7. The number of amides is 1. The van der Waals surface area contributed by atoms with Crippen LogP contribution in [0.5, 0.6) is 0 Å². The minimum atomic E-state index is -0.138. The second kappa shape index (κ2) is 6.99. The van der Waals surface area contributed by atoms with Crippen LogP contribution in [0.2, 0.25) is 5.02 Å². The first-order chi connectivity index (χ1) is 8.02. The normalized spacial score (nSPS) is 12.8. The van der Waals surface area contributed by atoms with Crippen LogP contribution in [-0.4, -0.2) is 19.0 Å². The first kappa shape index (κ1) is 14.5. The Bertz CT molecular complexity index is 365. The Kier molecular flexibility index (Phi) is 5.95. The smallest absolute Gasteiger partial charge is 0.236 e. The Balaban J connectivity index is 2.51. The number of hydrogen-bond acceptors (Lipinski definition) is 3. The second-order valence-corrected chi connectivity index (χ2v) is 5.84. The topological polar surface area (TPSA) is 41.1 Å². The summed E-state index contributed by atoms with van der Waals surface area (Å²) in [4.78, 5) is 12.8. The monoisotopic (exact) mass is 274 g/mol. The highest BCUT2D eigenvalue weighted by atomic mass is 35.5. The van der Waals surface area contributed by atoms with E-state index >= 15 is 0 Å². The van der Waals surface area contributed by atoms with Crippen molar-refractivity contribution >= 4 is 28.8 Å². The summed E-state index contributed by atoms with van der Waals surface area (Å²) in [5.41, 5.74) is 0. The van der Waals surface area contributed by atoms with E-state index in [-0.39, 0.29) is 11.9 Å². The van der Waals surface area contributed by atoms with Gasteiger partial charge >= 0.3 is 0 Å². The molecule has 0 aliphatic heterocycles. The van der Waals surface area contributed by atoms with Crippen molar-refractivity contribution in [3.63, 3.8) is 0 Å². The molecule has 1 aromatic rings. The van der Waals surface area contributed by atoms with Crippen LogP contribution in [0.4, 0.5) is 0 Å². The lowest BCUT2D eigenvalue weighted by molar-refractivity contribution is -0.123. The van der Waals surface area contributed by atoms with Crippen molar-refractivity contribution in [3.8, 4) is 0 Å². The van der Waals surface area contributed by atoms with E-state index in [9.17, 15) is 4.79 Å². The molecule has 96 valence electrons. The van der Waals surface area contributed by atoms with Crippen molar-refractivity contribution in [3.05, 3.63) is 21.3 Å². The molecule has 1 atom stereocenters. The molecule has 0 saturated heterocycles. The van der Waals surface area contributed by atoms with Crippen molar-refractivity contribution in [2.45, 2.75) is 32.9 Å². The van der Waals surface area contributed by atoms with Gasteiger partial charge in [-0.25, -0.2) is 0 Å². The van der Waals surface area contributed by atoms with Crippen molar-refractivity contribution < 1.29 is 4.79 Å². The summed E-state index contributed by atoms with van der Waals surface area (Å²) >= 11 is 7.46. The number of likely N-dealkylation sites (N-methyl/N-ethyl adjacent to an activating group) is 1. The molecule has 1 amide bonds. The molecule has 3 nitrogen and oxygen atoms in total. The molecule has 1 aromatic heterocycles. The zero-order chi connectivity index (χ0) is 12.8. The van der Waals surface area contributed by atoms with Crippen molar-refractivity contribution in [2.75, 3.05) is 7.05 Å². The number of halogens is 1. The quantitative estimate of drug-likeness (QED) is 0.837. The van der Waals surface area contributed by atoms with Gasteiger partial charge in [0.05, 0.1) is 11.1 Å². The van der Waals surface area contributed by atoms with Crippen molar-refractivity contribution in [2.24, 2.45) is 5.92 Å². The van der Waals surface area contributed by atoms with Crippen LogP contribution < -0.4 is 10.6 Å². The minimum absolute atomic E-state index is 0.0429. The van der Waals surface area contributed by atoms with Crippen LogP contribution in [0.1, 0.15) is 25.1 Å². The number of hydrogen-bond donors (Lipinski definition) is 2. The van der Waals surface area contributed by atoms with Gasteiger partial charge in [-0.05, 0) is 18.4 Å².